The third-order valence-electron chi connectivity index (χ3n) is 3.83. The predicted octanol–water partition coefficient (Wildman–Crippen LogP) is 3.38. The zero-order chi connectivity index (χ0) is 18.2. The van der Waals surface area contributed by atoms with Crippen molar-refractivity contribution in [2.75, 3.05) is 12.3 Å². The number of hydrogen-bond donors (Lipinski definition) is 3. The number of benzene rings is 1. The first kappa shape index (κ1) is 19.1. The normalized spacial score (nSPS) is 11.7. The van der Waals surface area contributed by atoms with Gasteiger partial charge in [0.05, 0.1) is 5.69 Å². The zero-order valence-electron chi connectivity index (χ0n) is 14.3. The standard InChI is InChI=1S/C18H23ClN4O2/c1-12-16(17(25)23-18(20)21-12)22-15(6-4-2-3-5-11-24)13-7-9-14(19)10-8-13/h7-10,24H,2-6,11H2,1H3,(H3,20,21,23,25). The van der Waals surface area contributed by atoms with E-state index in [0.29, 0.717) is 10.7 Å². The number of aryl methyl sites for hydroxylation is 1. The average Bonchev–Trinajstić information content (AvgIpc) is 2.57. The van der Waals surface area contributed by atoms with Gasteiger partial charge in [-0.2, -0.15) is 0 Å². The van der Waals surface area contributed by atoms with E-state index >= 15 is 0 Å². The zero-order valence-corrected chi connectivity index (χ0v) is 15.0. The number of unbranched alkanes of at least 4 members (excludes halogenated alkanes) is 3. The van der Waals surface area contributed by atoms with Gasteiger partial charge in [0.15, 0.2) is 0 Å². The van der Waals surface area contributed by atoms with E-state index in [4.69, 9.17) is 22.4 Å². The maximum atomic E-state index is 12.2. The number of nitrogens with two attached hydrogens (primary N) is 1. The van der Waals surface area contributed by atoms with Gasteiger partial charge in [-0.3, -0.25) is 9.78 Å². The SMILES string of the molecule is Cc1nc(N)[nH]c(=O)c1N=C(CCCCCCO)c1ccc(Cl)cc1. The molecule has 2 aromatic rings. The fourth-order valence-corrected chi connectivity index (χ4v) is 2.66. The number of aliphatic hydroxyl groups excluding tert-OH is 1. The summed E-state index contributed by atoms with van der Waals surface area (Å²) >= 11 is 5.96. The Labute approximate surface area is 151 Å². The summed E-state index contributed by atoms with van der Waals surface area (Å²) in [6.45, 7) is 1.93. The van der Waals surface area contributed by atoms with Crippen molar-refractivity contribution in [1.29, 1.82) is 0 Å². The molecule has 0 aliphatic rings. The highest BCUT2D eigenvalue weighted by molar-refractivity contribution is 6.30. The Kier molecular flexibility index (Phi) is 7.16. The molecule has 0 bridgehead atoms. The Hall–Kier alpha value is -2.18. The number of anilines is 1. The van der Waals surface area contributed by atoms with Crippen LogP contribution >= 0.6 is 11.6 Å². The van der Waals surface area contributed by atoms with Crippen LogP contribution in [0.1, 0.15) is 43.4 Å². The lowest BCUT2D eigenvalue weighted by atomic mass is 10.0. The minimum Gasteiger partial charge on any atom is -0.396 e. The highest BCUT2D eigenvalue weighted by atomic mass is 35.5. The minimum atomic E-state index is -0.350. The van der Waals surface area contributed by atoms with Crippen LogP contribution in [0, 0.1) is 6.92 Å². The molecule has 0 fully saturated rings. The van der Waals surface area contributed by atoms with Crippen molar-refractivity contribution in [3.63, 3.8) is 0 Å². The Bertz CT molecular complexity index is 785. The number of halogens is 1. The van der Waals surface area contributed by atoms with Gasteiger partial charge in [0.2, 0.25) is 5.95 Å². The second kappa shape index (κ2) is 9.34. The number of aromatic nitrogens is 2. The van der Waals surface area contributed by atoms with E-state index in [1.807, 2.05) is 12.1 Å². The number of nitrogens with zero attached hydrogens (tertiary/aromatic N) is 2. The molecular weight excluding hydrogens is 340 g/mol. The highest BCUT2D eigenvalue weighted by Gasteiger charge is 2.10. The van der Waals surface area contributed by atoms with Crippen molar-refractivity contribution in [1.82, 2.24) is 9.97 Å². The number of nitrogen functional groups attached to an aromatic ring is 1. The number of nitrogens with one attached hydrogen (secondary N) is 1. The van der Waals surface area contributed by atoms with Gasteiger partial charge in [-0.25, -0.2) is 9.98 Å². The Morgan fingerprint density at radius 2 is 1.92 bits per heavy atom. The fraction of sp³-hybridized carbons (Fsp3) is 0.389. The van der Waals surface area contributed by atoms with E-state index in [1.54, 1.807) is 19.1 Å². The van der Waals surface area contributed by atoms with Crippen molar-refractivity contribution in [2.24, 2.45) is 4.99 Å². The second-order valence-electron chi connectivity index (χ2n) is 5.84. The van der Waals surface area contributed by atoms with Crippen LogP contribution in [0.2, 0.25) is 5.02 Å². The van der Waals surface area contributed by atoms with E-state index in [9.17, 15) is 4.79 Å². The fourth-order valence-electron chi connectivity index (χ4n) is 2.53. The molecule has 134 valence electrons. The van der Waals surface area contributed by atoms with Gasteiger partial charge >= 0.3 is 0 Å². The first-order chi connectivity index (χ1) is 12.0. The number of hydrogen-bond acceptors (Lipinski definition) is 5. The first-order valence-corrected chi connectivity index (χ1v) is 8.70. The van der Waals surface area contributed by atoms with Gasteiger partial charge in [0.25, 0.3) is 5.56 Å². The number of aliphatic hydroxyl groups is 1. The molecule has 25 heavy (non-hydrogen) atoms. The lowest BCUT2D eigenvalue weighted by molar-refractivity contribution is 0.283. The molecule has 0 unspecified atom stereocenters. The topological polar surface area (TPSA) is 104 Å². The molecular formula is C18H23ClN4O2. The molecule has 1 aromatic carbocycles. The summed E-state index contributed by atoms with van der Waals surface area (Å²) in [7, 11) is 0. The molecule has 7 heteroatoms. The Morgan fingerprint density at radius 3 is 2.56 bits per heavy atom. The third kappa shape index (κ3) is 5.69. The third-order valence-corrected chi connectivity index (χ3v) is 4.09. The minimum absolute atomic E-state index is 0.0819. The quantitative estimate of drug-likeness (QED) is 0.494. The maximum Gasteiger partial charge on any atom is 0.278 e. The smallest absolute Gasteiger partial charge is 0.278 e. The molecule has 1 heterocycles. The Morgan fingerprint density at radius 1 is 1.24 bits per heavy atom. The largest absolute Gasteiger partial charge is 0.396 e. The Balaban J connectivity index is 2.30. The molecule has 0 radical (unpaired) electrons. The van der Waals surface area contributed by atoms with E-state index in [1.165, 1.54) is 0 Å². The summed E-state index contributed by atoms with van der Waals surface area (Å²) in [6, 6.07) is 7.39. The summed E-state index contributed by atoms with van der Waals surface area (Å²) in [5.74, 6) is 0.0819. The van der Waals surface area contributed by atoms with Crippen LogP contribution < -0.4 is 11.3 Å². The summed E-state index contributed by atoms with van der Waals surface area (Å²) in [5, 5.41) is 9.51. The van der Waals surface area contributed by atoms with Crippen LogP contribution in [0.25, 0.3) is 0 Å². The van der Waals surface area contributed by atoms with Crippen molar-refractivity contribution < 1.29 is 5.11 Å². The van der Waals surface area contributed by atoms with E-state index in [0.717, 1.165) is 43.4 Å². The van der Waals surface area contributed by atoms with E-state index < -0.39 is 0 Å². The molecule has 0 amide bonds. The van der Waals surface area contributed by atoms with Crippen LogP contribution in [0.4, 0.5) is 11.6 Å². The molecule has 0 atom stereocenters. The van der Waals surface area contributed by atoms with E-state index in [-0.39, 0.29) is 23.8 Å². The van der Waals surface area contributed by atoms with Crippen LogP contribution in [-0.4, -0.2) is 27.4 Å². The van der Waals surface area contributed by atoms with Crippen molar-refractivity contribution in [3.05, 3.63) is 50.9 Å². The van der Waals surface area contributed by atoms with Gasteiger partial charge in [-0.15, -0.1) is 0 Å². The van der Waals surface area contributed by atoms with Gasteiger partial charge < -0.3 is 10.8 Å². The summed E-state index contributed by atoms with van der Waals surface area (Å²) in [6.07, 6.45) is 4.39. The molecule has 4 N–H and O–H groups in total. The second-order valence-corrected chi connectivity index (χ2v) is 6.27. The molecule has 0 aliphatic heterocycles. The summed E-state index contributed by atoms with van der Waals surface area (Å²) in [5.41, 5.74) is 7.70. The highest BCUT2D eigenvalue weighted by Crippen LogP contribution is 2.18. The predicted molar refractivity (Wildman–Crippen MR) is 102 cm³/mol. The van der Waals surface area contributed by atoms with Gasteiger partial charge in [0, 0.05) is 17.3 Å². The molecule has 0 aliphatic carbocycles. The van der Waals surface area contributed by atoms with Gasteiger partial charge in [-0.05, 0) is 43.9 Å². The van der Waals surface area contributed by atoms with Crippen LogP contribution in [-0.2, 0) is 0 Å². The molecule has 1 aromatic heterocycles. The van der Waals surface area contributed by atoms with Crippen molar-refractivity contribution >= 4 is 28.9 Å². The number of rotatable bonds is 8. The number of aromatic amines is 1. The number of H-pyrrole nitrogens is 1. The van der Waals surface area contributed by atoms with Crippen LogP contribution in [0.15, 0.2) is 34.1 Å². The van der Waals surface area contributed by atoms with E-state index in [2.05, 4.69) is 15.0 Å². The van der Waals surface area contributed by atoms with Gasteiger partial charge in [-0.1, -0.05) is 36.6 Å². The molecule has 0 saturated carbocycles. The van der Waals surface area contributed by atoms with Crippen molar-refractivity contribution in [2.45, 2.75) is 39.0 Å². The lowest BCUT2D eigenvalue weighted by Gasteiger charge is -2.09. The number of aliphatic imine (C=N–C) groups is 1. The van der Waals surface area contributed by atoms with Gasteiger partial charge in [0.1, 0.15) is 5.69 Å². The maximum absolute atomic E-state index is 12.2. The summed E-state index contributed by atoms with van der Waals surface area (Å²) < 4.78 is 0. The molecule has 6 nitrogen and oxygen atoms in total. The van der Waals surface area contributed by atoms with Crippen LogP contribution in [0.3, 0.4) is 0 Å². The lowest BCUT2D eigenvalue weighted by Crippen LogP contribution is -2.13. The van der Waals surface area contributed by atoms with Crippen LogP contribution in [0.5, 0.6) is 0 Å². The molecule has 0 spiro atoms. The monoisotopic (exact) mass is 362 g/mol. The average molecular weight is 363 g/mol. The molecule has 2 rings (SSSR count). The molecule has 0 saturated heterocycles. The van der Waals surface area contributed by atoms with Crippen molar-refractivity contribution in [3.8, 4) is 0 Å². The first-order valence-electron chi connectivity index (χ1n) is 8.32. The summed E-state index contributed by atoms with van der Waals surface area (Å²) in [4.78, 5) is 23.3.